The number of aliphatic carboxylic acids is 1. The molecule has 2 aromatic rings. The summed E-state index contributed by atoms with van der Waals surface area (Å²) in [6.45, 7) is 6.22. The topological polar surface area (TPSA) is 86.5 Å². The molecule has 4 heterocycles. The van der Waals surface area contributed by atoms with Crippen LogP contribution in [0.5, 0.6) is 0 Å². The van der Waals surface area contributed by atoms with E-state index in [9.17, 15) is 13.2 Å². The highest BCUT2D eigenvalue weighted by atomic mass is 35.5. The van der Waals surface area contributed by atoms with E-state index < -0.39 is 12.1 Å². The van der Waals surface area contributed by atoms with Gasteiger partial charge in [0.25, 0.3) is 0 Å². The third kappa shape index (κ3) is 3.93. The maximum Gasteiger partial charge on any atom is 0.490 e. The summed E-state index contributed by atoms with van der Waals surface area (Å²) in [4.78, 5) is 13.8. The first-order chi connectivity index (χ1) is 15.2. The van der Waals surface area contributed by atoms with Crippen molar-refractivity contribution in [2.45, 2.75) is 38.1 Å². The smallest absolute Gasteiger partial charge is 0.475 e. The van der Waals surface area contributed by atoms with Gasteiger partial charge >= 0.3 is 12.1 Å². The molecule has 1 aromatic carbocycles. The highest BCUT2D eigenvalue weighted by molar-refractivity contribution is 6.30. The molecular weight excluding hydrogens is 449 g/mol. The van der Waals surface area contributed by atoms with Crippen molar-refractivity contribution in [1.82, 2.24) is 25.0 Å². The van der Waals surface area contributed by atoms with Gasteiger partial charge in [0.05, 0.1) is 12.2 Å². The van der Waals surface area contributed by atoms with Gasteiger partial charge in [-0.1, -0.05) is 11.6 Å². The van der Waals surface area contributed by atoms with Crippen LogP contribution in [0.1, 0.15) is 24.2 Å². The van der Waals surface area contributed by atoms with Gasteiger partial charge in [0.15, 0.2) is 5.82 Å². The maximum absolute atomic E-state index is 10.6. The van der Waals surface area contributed by atoms with Crippen LogP contribution in [0, 0.1) is 5.41 Å². The summed E-state index contributed by atoms with van der Waals surface area (Å²) in [5.74, 6) is -0.711. The summed E-state index contributed by atoms with van der Waals surface area (Å²) in [6.07, 6.45) is -2.50. The minimum atomic E-state index is -5.08. The average molecular weight is 471 g/mol. The number of carbonyl (C=O) groups is 1. The first-order valence-corrected chi connectivity index (χ1v) is 10.8. The molecule has 3 aliphatic heterocycles. The molecule has 1 aliphatic carbocycles. The summed E-state index contributed by atoms with van der Waals surface area (Å²) >= 11 is 6.30. The Bertz CT molecular complexity index is 1040. The van der Waals surface area contributed by atoms with Gasteiger partial charge in [-0.25, -0.2) is 4.79 Å². The Balaban J connectivity index is 0.000000272. The molecule has 1 aromatic heterocycles. The number of alkyl halides is 3. The molecular formula is C20H22ClF3N6O2. The monoisotopic (exact) mass is 470 g/mol. The van der Waals surface area contributed by atoms with Crippen LogP contribution >= 0.6 is 11.6 Å². The lowest BCUT2D eigenvalue weighted by molar-refractivity contribution is -0.192. The Hall–Kier alpha value is -2.37. The molecule has 0 unspecified atom stereocenters. The fourth-order valence-electron chi connectivity index (χ4n) is 4.52. The van der Waals surface area contributed by atoms with E-state index in [-0.39, 0.29) is 0 Å². The first kappa shape index (κ1) is 21.5. The lowest BCUT2D eigenvalue weighted by atomic mass is 9.75. The number of rotatable bonds is 2. The third-order valence-corrected chi connectivity index (χ3v) is 6.59. The molecule has 0 amide bonds. The van der Waals surface area contributed by atoms with E-state index in [1.807, 2.05) is 6.07 Å². The number of fused-ring (bicyclic) bond motifs is 3. The summed E-state index contributed by atoms with van der Waals surface area (Å²) in [5.41, 5.74) is 2.94. The lowest BCUT2D eigenvalue weighted by Gasteiger charge is -2.56. The van der Waals surface area contributed by atoms with Crippen molar-refractivity contribution in [2.75, 3.05) is 31.1 Å². The average Bonchev–Trinajstić information content (AvgIpc) is 3.43. The van der Waals surface area contributed by atoms with Gasteiger partial charge in [-0.15, -0.1) is 10.2 Å². The maximum atomic E-state index is 10.6. The van der Waals surface area contributed by atoms with Crippen LogP contribution in [0.15, 0.2) is 18.2 Å². The lowest BCUT2D eigenvalue weighted by Crippen LogP contribution is -2.71. The number of hydrogen-bond donors (Lipinski definition) is 2. The number of benzene rings is 1. The van der Waals surface area contributed by atoms with Crippen LogP contribution < -0.4 is 10.2 Å². The standard InChI is InChI=1S/C18H21ClN6.C2HF3O2/c19-13-1-4-15-12(5-13)6-23(14-2-3-14)7-16-21-22-17(25(15)16)24-10-18(11-24)8-20-9-18;3-2(4,5)1(6)7/h1,4-5,14,20H,2-3,6-11H2;(H,6,7). The van der Waals surface area contributed by atoms with E-state index in [1.165, 1.54) is 24.1 Å². The number of hydrogen-bond acceptors (Lipinski definition) is 6. The Morgan fingerprint density at radius 3 is 2.44 bits per heavy atom. The molecule has 0 atom stereocenters. The molecule has 2 N–H and O–H groups in total. The van der Waals surface area contributed by atoms with Gasteiger partial charge in [-0.3, -0.25) is 9.47 Å². The van der Waals surface area contributed by atoms with Gasteiger partial charge < -0.3 is 15.3 Å². The molecule has 1 spiro atoms. The highest BCUT2D eigenvalue weighted by Gasteiger charge is 2.49. The van der Waals surface area contributed by atoms with Gasteiger partial charge in [0.1, 0.15) is 0 Å². The molecule has 4 aliphatic rings. The van der Waals surface area contributed by atoms with E-state index >= 15 is 0 Å². The fourth-order valence-corrected chi connectivity index (χ4v) is 4.72. The van der Waals surface area contributed by atoms with Crippen LogP contribution in [-0.4, -0.2) is 69.1 Å². The zero-order chi connectivity index (χ0) is 22.7. The molecule has 0 radical (unpaired) electrons. The molecule has 6 rings (SSSR count). The second kappa shape index (κ2) is 7.60. The van der Waals surface area contributed by atoms with Gasteiger partial charge in [-0.05, 0) is 36.6 Å². The summed E-state index contributed by atoms with van der Waals surface area (Å²) in [6, 6.07) is 6.91. The molecule has 0 bridgehead atoms. The number of anilines is 1. The number of aromatic nitrogens is 3. The molecule has 1 saturated carbocycles. The van der Waals surface area contributed by atoms with Crippen molar-refractivity contribution in [3.8, 4) is 5.69 Å². The van der Waals surface area contributed by atoms with Crippen molar-refractivity contribution >= 4 is 23.5 Å². The Morgan fingerprint density at radius 1 is 1.19 bits per heavy atom. The number of halogens is 4. The van der Waals surface area contributed by atoms with E-state index in [2.05, 4.69) is 42.0 Å². The van der Waals surface area contributed by atoms with Gasteiger partial charge in [0.2, 0.25) is 5.95 Å². The van der Waals surface area contributed by atoms with Crippen molar-refractivity contribution in [1.29, 1.82) is 0 Å². The zero-order valence-electron chi connectivity index (χ0n) is 17.1. The fraction of sp³-hybridized carbons (Fsp3) is 0.550. The molecule has 8 nitrogen and oxygen atoms in total. The summed E-state index contributed by atoms with van der Waals surface area (Å²) in [5, 5.41) is 20.5. The molecule has 3 fully saturated rings. The van der Waals surface area contributed by atoms with Crippen LogP contribution in [0.3, 0.4) is 0 Å². The van der Waals surface area contributed by atoms with Crippen LogP contribution in [0.2, 0.25) is 5.02 Å². The minimum Gasteiger partial charge on any atom is -0.475 e. The predicted molar refractivity (Wildman–Crippen MR) is 110 cm³/mol. The van der Waals surface area contributed by atoms with E-state index in [4.69, 9.17) is 21.5 Å². The Morgan fingerprint density at radius 2 is 1.88 bits per heavy atom. The second-order valence-electron chi connectivity index (χ2n) is 8.92. The van der Waals surface area contributed by atoms with Crippen LogP contribution in [-0.2, 0) is 17.9 Å². The SMILES string of the molecule is Clc1ccc2c(c1)CN(C1CC1)Cc1nnc(N3CC4(CNC4)C3)n1-2.O=C(O)C(F)(F)F. The quantitative estimate of drug-likeness (QED) is 0.697. The summed E-state index contributed by atoms with van der Waals surface area (Å²) < 4.78 is 34.0. The number of carboxylic acids is 1. The number of carboxylic acid groups (broad SMARTS) is 1. The second-order valence-corrected chi connectivity index (χ2v) is 9.36. The zero-order valence-corrected chi connectivity index (χ0v) is 17.8. The molecule has 2 saturated heterocycles. The Kier molecular flexibility index (Phi) is 5.10. The number of nitrogens with zero attached hydrogens (tertiary/aromatic N) is 5. The van der Waals surface area contributed by atoms with Crippen LogP contribution in [0.25, 0.3) is 5.69 Å². The van der Waals surface area contributed by atoms with Gasteiger partial charge in [-0.2, -0.15) is 13.2 Å². The first-order valence-electron chi connectivity index (χ1n) is 10.4. The van der Waals surface area contributed by atoms with Crippen molar-refractivity contribution < 1.29 is 23.1 Å². The van der Waals surface area contributed by atoms with Crippen molar-refractivity contribution in [3.63, 3.8) is 0 Å². The molecule has 172 valence electrons. The minimum absolute atomic E-state index is 0.472. The predicted octanol–water partition coefficient (Wildman–Crippen LogP) is 2.44. The van der Waals surface area contributed by atoms with E-state index in [0.717, 1.165) is 56.1 Å². The summed E-state index contributed by atoms with van der Waals surface area (Å²) in [7, 11) is 0. The normalized spacial score (nSPS) is 21.4. The number of nitrogens with one attached hydrogen (secondary N) is 1. The molecule has 12 heteroatoms. The van der Waals surface area contributed by atoms with E-state index in [0.29, 0.717) is 11.5 Å². The highest BCUT2D eigenvalue weighted by Crippen LogP contribution is 2.40. The third-order valence-electron chi connectivity index (χ3n) is 6.35. The molecule has 32 heavy (non-hydrogen) atoms. The Labute approximate surface area is 187 Å². The largest absolute Gasteiger partial charge is 0.490 e. The van der Waals surface area contributed by atoms with E-state index in [1.54, 1.807) is 0 Å². The van der Waals surface area contributed by atoms with Crippen molar-refractivity contribution in [2.24, 2.45) is 5.41 Å². The van der Waals surface area contributed by atoms with Crippen LogP contribution in [0.4, 0.5) is 19.1 Å². The van der Waals surface area contributed by atoms with Crippen molar-refractivity contribution in [3.05, 3.63) is 34.6 Å². The van der Waals surface area contributed by atoms with Gasteiger partial charge in [0, 0.05) is 49.2 Å².